The van der Waals surface area contributed by atoms with Crippen molar-refractivity contribution in [2.75, 3.05) is 20.8 Å². The van der Waals surface area contributed by atoms with Crippen molar-refractivity contribution < 1.29 is 38.1 Å². The lowest BCUT2D eigenvalue weighted by Crippen LogP contribution is -2.60. The highest BCUT2D eigenvalue weighted by Crippen LogP contribution is 2.63. The van der Waals surface area contributed by atoms with E-state index in [0.29, 0.717) is 35.5 Å². The zero-order valence-corrected chi connectivity index (χ0v) is 22.8. The number of ether oxygens (including phenoxy) is 5. The van der Waals surface area contributed by atoms with Gasteiger partial charge < -0.3 is 23.7 Å². The number of hydrogen-bond donors (Lipinski definition) is 0. The second-order valence-electron chi connectivity index (χ2n) is 10.6. The molecule has 2 aromatic rings. The molecule has 0 amide bonds. The smallest absolute Gasteiger partial charge is 0.331 e. The van der Waals surface area contributed by atoms with E-state index in [1.54, 1.807) is 31.3 Å². The molecule has 0 bridgehead atoms. The van der Waals surface area contributed by atoms with Gasteiger partial charge in [0.15, 0.2) is 17.5 Å². The summed E-state index contributed by atoms with van der Waals surface area (Å²) >= 11 is 0. The largest absolute Gasteiger partial charge is 0.493 e. The number of benzene rings is 2. The van der Waals surface area contributed by atoms with Crippen LogP contribution in [0, 0.1) is 5.41 Å². The summed E-state index contributed by atoms with van der Waals surface area (Å²) < 4.78 is 28.8. The van der Waals surface area contributed by atoms with Crippen LogP contribution in [0.2, 0.25) is 0 Å². The van der Waals surface area contributed by atoms with Crippen molar-refractivity contribution in [2.45, 2.75) is 62.8 Å². The highest BCUT2D eigenvalue weighted by atomic mass is 16.7. The number of carbonyl (C=O) groups excluding carboxylic acids is 3. The molecule has 0 aromatic heterocycles. The zero-order chi connectivity index (χ0) is 28.1. The van der Waals surface area contributed by atoms with Crippen LogP contribution in [-0.4, -0.2) is 61.8 Å². The zero-order valence-electron chi connectivity index (χ0n) is 22.8. The quantitative estimate of drug-likeness (QED) is 0.406. The number of hydrogen-bond acceptors (Lipinski definition) is 10. The minimum Gasteiger partial charge on any atom is -0.493 e. The second-order valence-corrected chi connectivity index (χ2v) is 10.6. The summed E-state index contributed by atoms with van der Waals surface area (Å²) in [4.78, 5) is 42.8. The fraction of sp³-hybridized carbons (Fsp3) is 0.467. The number of carbonyl (C=O) groups is 3. The first-order valence-corrected chi connectivity index (χ1v) is 13.7. The third-order valence-corrected chi connectivity index (χ3v) is 8.55. The lowest BCUT2D eigenvalue weighted by atomic mass is 9.65. The van der Waals surface area contributed by atoms with Crippen LogP contribution < -0.4 is 9.47 Å². The molecule has 10 nitrogen and oxygen atoms in total. The Labute approximate surface area is 232 Å². The molecule has 0 N–H and O–H groups in total. The molecule has 2 aromatic carbocycles. The van der Waals surface area contributed by atoms with Gasteiger partial charge in [-0.3, -0.25) is 14.6 Å². The number of nitrogens with zero attached hydrogens (tertiary/aromatic N) is 2. The maximum Gasteiger partial charge on any atom is 0.331 e. The summed E-state index contributed by atoms with van der Waals surface area (Å²) in [7, 11) is 3.01. The topological polar surface area (TPSA) is 113 Å². The van der Waals surface area contributed by atoms with Gasteiger partial charge in [-0.15, -0.1) is 0 Å². The van der Waals surface area contributed by atoms with Crippen LogP contribution in [0.1, 0.15) is 67.7 Å². The van der Waals surface area contributed by atoms with Gasteiger partial charge in [0.05, 0.1) is 27.0 Å². The Balaban J connectivity index is 1.61. The number of esters is 3. The Bertz CT molecular complexity index is 1360. The van der Waals surface area contributed by atoms with Gasteiger partial charge in [0.1, 0.15) is 6.04 Å². The van der Waals surface area contributed by atoms with Gasteiger partial charge in [0, 0.05) is 18.8 Å². The van der Waals surface area contributed by atoms with Crippen molar-refractivity contribution in [3.05, 3.63) is 59.2 Å². The standard InChI is InChI=1S/C30H32N2O8/c1-4-38-26(33)24-23(18-12-13-21(36-2)22(16-18)37-3)30(25-20-11-7-6-10-19(20)17-31-32(24)25)27(34)39-29(40-28(30)35)14-8-5-9-15-29/h6-7,10-13,16-17,23-25H,4-5,8-9,14-15H2,1-3H3/t23-,24+,25-/m0/s1. The molecule has 2 spiro atoms. The first-order valence-electron chi connectivity index (χ1n) is 13.7. The van der Waals surface area contributed by atoms with Crippen LogP contribution in [0.5, 0.6) is 11.5 Å². The molecule has 6 rings (SSSR count). The van der Waals surface area contributed by atoms with Crippen molar-refractivity contribution in [2.24, 2.45) is 10.5 Å². The minimum absolute atomic E-state index is 0.109. The molecular formula is C30H32N2O8. The molecule has 1 saturated carbocycles. The molecule has 4 aliphatic rings. The van der Waals surface area contributed by atoms with E-state index in [-0.39, 0.29) is 6.61 Å². The molecule has 0 unspecified atom stereocenters. The normalized spacial score (nSPS) is 25.6. The third kappa shape index (κ3) is 3.68. The molecule has 3 atom stereocenters. The third-order valence-electron chi connectivity index (χ3n) is 8.55. The van der Waals surface area contributed by atoms with Crippen LogP contribution >= 0.6 is 0 Å². The van der Waals surface area contributed by atoms with Crippen molar-refractivity contribution in [3.63, 3.8) is 0 Å². The Kier molecular flexibility index (Phi) is 6.43. The predicted molar refractivity (Wildman–Crippen MR) is 142 cm³/mol. The Morgan fingerprint density at radius 1 is 1.00 bits per heavy atom. The highest BCUT2D eigenvalue weighted by molar-refractivity contribution is 6.06. The van der Waals surface area contributed by atoms with Gasteiger partial charge in [0.2, 0.25) is 5.41 Å². The first-order chi connectivity index (χ1) is 19.4. The van der Waals surface area contributed by atoms with E-state index in [0.717, 1.165) is 24.8 Å². The lowest BCUT2D eigenvalue weighted by Gasteiger charge is -2.47. The molecule has 3 aliphatic heterocycles. The molecule has 40 heavy (non-hydrogen) atoms. The van der Waals surface area contributed by atoms with Gasteiger partial charge in [-0.2, -0.15) is 5.10 Å². The summed E-state index contributed by atoms with van der Waals surface area (Å²) in [6, 6.07) is 10.4. The van der Waals surface area contributed by atoms with Crippen molar-refractivity contribution in [1.29, 1.82) is 0 Å². The van der Waals surface area contributed by atoms with E-state index < -0.39 is 47.1 Å². The van der Waals surface area contributed by atoms with Crippen LogP contribution in [0.3, 0.4) is 0 Å². The van der Waals surface area contributed by atoms with Gasteiger partial charge in [-0.25, -0.2) is 4.79 Å². The average molecular weight is 549 g/mol. The molecule has 3 heterocycles. The highest BCUT2D eigenvalue weighted by Gasteiger charge is 2.76. The molecule has 0 radical (unpaired) electrons. The molecule has 1 aliphatic carbocycles. The SMILES string of the molecule is CCOC(=O)[C@H]1[C@H](c2ccc(OC)c(OC)c2)C2(C(=O)OC3(CCCCC3)OC2=O)[C@@H]2c3ccccc3C=NN21. The summed E-state index contributed by atoms with van der Waals surface area (Å²) in [5, 5.41) is 6.15. The van der Waals surface area contributed by atoms with Gasteiger partial charge in [-0.1, -0.05) is 36.8 Å². The molecule has 210 valence electrons. The molecule has 2 saturated heterocycles. The lowest BCUT2D eigenvalue weighted by molar-refractivity contribution is -0.273. The molecule has 10 heteroatoms. The monoisotopic (exact) mass is 548 g/mol. The van der Waals surface area contributed by atoms with Gasteiger partial charge in [0.25, 0.3) is 5.79 Å². The fourth-order valence-corrected chi connectivity index (χ4v) is 6.82. The molecular weight excluding hydrogens is 516 g/mol. The average Bonchev–Trinajstić information content (AvgIpc) is 3.29. The minimum atomic E-state index is -1.95. The van der Waals surface area contributed by atoms with Crippen LogP contribution in [0.25, 0.3) is 0 Å². The fourth-order valence-electron chi connectivity index (χ4n) is 6.82. The first kappa shape index (κ1) is 26.2. The maximum atomic E-state index is 14.5. The maximum absolute atomic E-state index is 14.5. The van der Waals surface area contributed by atoms with E-state index in [4.69, 9.17) is 23.7 Å². The van der Waals surface area contributed by atoms with Gasteiger partial charge in [-0.05, 0) is 48.6 Å². The number of fused-ring (bicyclic) bond motifs is 4. The Morgan fingerprint density at radius 3 is 2.38 bits per heavy atom. The van der Waals surface area contributed by atoms with E-state index in [2.05, 4.69) is 5.10 Å². The van der Waals surface area contributed by atoms with Crippen LogP contribution in [0.4, 0.5) is 0 Å². The van der Waals surface area contributed by atoms with Crippen molar-refractivity contribution in [1.82, 2.24) is 5.01 Å². The Morgan fingerprint density at radius 2 is 1.70 bits per heavy atom. The predicted octanol–water partition coefficient (Wildman–Crippen LogP) is 3.87. The van der Waals surface area contributed by atoms with E-state index in [1.807, 2.05) is 24.3 Å². The van der Waals surface area contributed by atoms with Crippen LogP contribution in [-0.2, 0) is 28.6 Å². The van der Waals surface area contributed by atoms with E-state index in [9.17, 15) is 14.4 Å². The number of methoxy groups -OCH3 is 2. The summed E-state index contributed by atoms with van der Waals surface area (Å²) in [6.45, 7) is 1.81. The summed E-state index contributed by atoms with van der Waals surface area (Å²) in [5.41, 5.74) is -0.0556. The van der Waals surface area contributed by atoms with Crippen molar-refractivity contribution >= 4 is 24.1 Å². The number of rotatable bonds is 5. The molecule has 3 fully saturated rings. The number of hydrazone groups is 1. The Hall–Kier alpha value is -4.08. The summed E-state index contributed by atoms with van der Waals surface area (Å²) in [5.74, 6) is -3.59. The summed E-state index contributed by atoms with van der Waals surface area (Å²) in [6.07, 6.45) is 5.03. The second kappa shape index (κ2) is 9.83. The van der Waals surface area contributed by atoms with Crippen molar-refractivity contribution in [3.8, 4) is 11.5 Å². The van der Waals surface area contributed by atoms with E-state index >= 15 is 0 Å². The van der Waals surface area contributed by atoms with Crippen LogP contribution in [0.15, 0.2) is 47.6 Å². The van der Waals surface area contributed by atoms with E-state index in [1.165, 1.54) is 19.2 Å². The van der Waals surface area contributed by atoms with Gasteiger partial charge >= 0.3 is 17.9 Å².